The highest BCUT2D eigenvalue weighted by molar-refractivity contribution is 6.03. The van der Waals surface area contributed by atoms with E-state index in [9.17, 15) is 10.1 Å². The molecule has 1 fully saturated rings. The van der Waals surface area contributed by atoms with Crippen LogP contribution in [0, 0.1) is 18.3 Å². The number of benzene rings is 1. The van der Waals surface area contributed by atoms with Gasteiger partial charge in [-0.2, -0.15) is 10.4 Å². The van der Waals surface area contributed by atoms with Crippen LogP contribution in [0.15, 0.2) is 24.4 Å². The minimum atomic E-state index is -0.0630. The smallest absolute Gasteiger partial charge is 0.227 e. The fourth-order valence-corrected chi connectivity index (χ4v) is 5.60. The molecule has 4 aromatic rings. The van der Waals surface area contributed by atoms with E-state index in [0.29, 0.717) is 24.5 Å². The lowest BCUT2D eigenvalue weighted by molar-refractivity contribution is -0.121. The van der Waals surface area contributed by atoms with Gasteiger partial charge in [-0.15, -0.1) is 0 Å². The molecule has 0 bridgehead atoms. The molecule has 1 N–H and O–H groups in total. The van der Waals surface area contributed by atoms with E-state index in [1.165, 1.54) is 0 Å². The summed E-state index contributed by atoms with van der Waals surface area (Å²) in [6, 6.07) is 7.90. The number of carbonyl (C=O) groups is 1. The van der Waals surface area contributed by atoms with Crippen LogP contribution in [0.1, 0.15) is 55.3 Å². The SMILES string of the molecule is Cc1nc2n(n1)CC(NC(=O)Cc1nc3cnc4ccc(C#N)cc4c3n1[C@@H]1CCO[C@H](C)C1)CC2. The Morgan fingerprint density at radius 3 is 3.00 bits per heavy atom. The summed E-state index contributed by atoms with van der Waals surface area (Å²) in [6.07, 6.45) is 5.35. The van der Waals surface area contributed by atoms with E-state index >= 15 is 0 Å². The van der Waals surface area contributed by atoms with Gasteiger partial charge < -0.3 is 14.6 Å². The number of fused-ring (bicyclic) bond motifs is 4. The Kier molecular flexibility index (Phi) is 5.64. The molecule has 36 heavy (non-hydrogen) atoms. The van der Waals surface area contributed by atoms with Crippen molar-refractivity contribution < 1.29 is 9.53 Å². The molecule has 2 aliphatic rings. The number of amides is 1. The van der Waals surface area contributed by atoms with Crippen LogP contribution in [-0.2, 0) is 28.9 Å². The number of pyridine rings is 1. The van der Waals surface area contributed by atoms with Gasteiger partial charge in [0.05, 0.1) is 47.9 Å². The molecule has 3 aromatic heterocycles. The second-order valence-corrected chi connectivity index (χ2v) is 9.83. The van der Waals surface area contributed by atoms with Gasteiger partial charge in [0.25, 0.3) is 0 Å². The lowest BCUT2D eigenvalue weighted by Crippen LogP contribution is -2.42. The Bertz CT molecular complexity index is 1510. The topological polar surface area (TPSA) is 124 Å². The predicted octanol–water partition coefficient (Wildman–Crippen LogP) is 2.77. The summed E-state index contributed by atoms with van der Waals surface area (Å²) in [5.41, 5.74) is 3.04. The van der Waals surface area contributed by atoms with Gasteiger partial charge in [0.1, 0.15) is 23.0 Å². The van der Waals surface area contributed by atoms with Crippen molar-refractivity contribution in [3.63, 3.8) is 0 Å². The first-order valence-electron chi connectivity index (χ1n) is 12.5. The van der Waals surface area contributed by atoms with Gasteiger partial charge >= 0.3 is 0 Å². The van der Waals surface area contributed by atoms with Crippen LogP contribution in [0.4, 0.5) is 0 Å². The van der Waals surface area contributed by atoms with E-state index in [2.05, 4.69) is 37.9 Å². The average Bonchev–Trinajstić information content (AvgIpc) is 3.42. The Hall–Kier alpha value is -3.84. The fraction of sp³-hybridized carbons (Fsp3) is 0.462. The summed E-state index contributed by atoms with van der Waals surface area (Å²) in [6.45, 7) is 5.25. The number of hydrogen-bond donors (Lipinski definition) is 1. The number of hydrogen-bond acceptors (Lipinski definition) is 7. The molecule has 2 aliphatic heterocycles. The Balaban J connectivity index is 1.35. The Morgan fingerprint density at radius 2 is 2.17 bits per heavy atom. The Labute approximate surface area is 208 Å². The summed E-state index contributed by atoms with van der Waals surface area (Å²) in [7, 11) is 0. The highest BCUT2D eigenvalue weighted by Crippen LogP contribution is 2.34. The third-order valence-corrected chi connectivity index (χ3v) is 7.19. The predicted molar refractivity (Wildman–Crippen MR) is 132 cm³/mol. The average molecular weight is 485 g/mol. The first kappa shape index (κ1) is 22.6. The van der Waals surface area contributed by atoms with Crippen LogP contribution in [-0.4, -0.2) is 54.0 Å². The van der Waals surface area contributed by atoms with E-state index in [-0.39, 0.29) is 30.5 Å². The van der Waals surface area contributed by atoms with Crippen molar-refractivity contribution in [2.75, 3.05) is 6.61 Å². The molecule has 1 saturated heterocycles. The van der Waals surface area contributed by atoms with Crippen molar-refractivity contribution >= 4 is 27.8 Å². The molecule has 10 nitrogen and oxygen atoms in total. The number of nitrogens with one attached hydrogen (secondary N) is 1. The van der Waals surface area contributed by atoms with Crippen LogP contribution in [0.3, 0.4) is 0 Å². The van der Waals surface area contributed by atoms with E-state index < -0.39 is 0 Å². The third-order valence-electron chi connectivity index (χ3n) is 7.19. The lowest BCUT2D eigenvalue weighted by atomic mass is 10.0. The van der Waals surface area contributed by atoms with Gasteiger partial charge in [-0.05, 0) is 51.3 Å². The molecule has 0 aliphatic carbocycles. The molecule has 0 saturated carbocycles. The second kappa shape index (κ2) is 8.99. The van der Waals surface area contributed by atoms with Gasteiger partial charge in [-0.3, -0.25) is 9.78 Å². The normalized spacial score (nSPS) is 21.9. The molecular weight excluding hydrogens is 456 g/mol. The maximum atomic E-state index is 13.2. The molecule has 0 spiro atoms. The maximum Gasteiger partial charge on any atom is 0.227 e. The van der Waals surface area contributed by atoms with Crippen LogP contribution in [0.25, 0.3) is 21.9 Å². The number of aryl methyl sites for hydroxylation is 2. The summed E-state index contributed by atoms with van der Waals surface area (Å²) in [5.74, 6) is 2.39. The maximum absolute atomic E-state index is 13.2. The number of aromatic nitrogens is 6. The molecule has 1 aromatic carbocycles. The molecule has 5 heterocycles. The molecule has 6 rings (SSSR count). The fourth-order valence-electron chi connectivity index (χ4n) is 5.60. The molecule has 184 valence electrons. The van der Waals surface area contributed by atoms with Crippen LogP contribution in [0.5, 0.6) is 0 Å². The van der Waals surface area contributed by atoms with Gasteiger partial charge in [0.15, 0.2) is 0 Å². The molecule has 1 amide bonds. The molecule has 1 unspecified atom stereocenters. The van der Waals surface area contributed by atoms with Crippen LogP contribution >= 0.6 is 0 Å². The van der Waals surface area contributed by atoms with E-state index in [1.807, 2.05) is 23.7 Å². The number of carbonyl (C=O) groups excluding carboxylic acids is 1. The molecule has 0 radical (unpaired) electrons. The van der Waals surface area contributed by atoms with E-state index in [4.69, 9.17) is 9.72 Å². The number of rotatable bonds is 4. The van der Waals surface area contributed by atoms with Gasteiger partial charge in [-0.25, -0.2) is 14.6 Å². The molecule has 3 atom stereocenters. The number of nitriles is 1. The largest absolute Gasteiger partial charge is 0.378 e. The molecule has 10 heteroatoms. The standard InChI is InChI=1S/C26H28N8O2/c1-15-9-19(7-8-36-15)34-24(11-25(35)30-18-4-6-23-29-16(2)32-33(23)14-18)31-22-13-28-21-5-3-17(12-27)10-20(21)26(22)34/h3,5,10,13,15,18-19H,4,6-9,11,14H2,1-2H3,(H,30,35)/t15-,18?,19-/m1/s1. The zero-order valence-electron chi connectivity index (χ0n) is 20.4. The minimum absolute atomic E-state index is 0.00714. The summed E-state index contributed by atoms with van der Waals surface area (Å²) in [5, 5.41) is 18.0. The van der Waals surface area contributed by atoms with Gasteiger partial charge in [0, 0.05) is 30.5 Å². The first-order chi connectivity index (χ1) is 17.5. The number of nitrogens with zero attached hydrogens (tertiary/aromatic N) is 7. The lowest BCUT2D eigenvalue weighted by Gasteiger charge is -2.30. The summed E-state index contributed by atoms with van der Waals surface area (Å²) in [4.78, 5) is 27.1. The zero-order valence-corrected chi connectivity index (χ0v) is 20.4. The van der Waals surface area contributed by atoms with E-state index in [0.717, 1.165) is 59.3 Å². The van der Waals surface area contributed by atoms with Crippen molar-refractivity contribution in [2.45, 2.75) is 70.7 Å². The van der Waals surface area contributed by atoms with Gasteiger partial charge in [-0.1, -0.05) is 0 Å². The summed E-state index contributed by atoms with van der Waals surface area (Å²) < 4.78 is 9.92. The monoisotopic (exact) mass is 484 g/mol. The third kappa shape index (κ3) is 4.09. The van der Waals surface area contributed by atoms with Crippen LogP contribution in [0.2, 0.25) is 0 Å². The van der Waals surface area contributed by atoms with Crippen molar-refractivity contribution in [1.82, 2.24) is 34.6 Å². The van der Waals surface area contributed by atoms with Crippen molar-refractivity contribution in [1.29, 1.82) is 5.26 Å². The number of ether oxygens (including phenoxy) is 1. The second-order valence-electron chi connectivity index (χ2n) is 9.83. The summed E-state index contributed by atoms with van der Waals surface area (Å²) >= 11 is 0. The minimum Gasteiger partial charge on any atom is -0.378 e. The quantitative estimate of drug-likeness (QED) is 0.472. The van der Waals surface area contributed by atoms with Crippen molar-refractivity contribution in [2.24, 2.45) is 0 Å². The highest BCUT2D eigenvalue weighted by Gasteiger charge is 2.28. The van der Waals surface area contributed by atoms with Crippen LogP contribution < -0.4 is 5.32 Å². The number of imidazole rings is 1. The van der Waals surface area contributed by atoms with Crippen molar-refractivity contribution in [3.05, 3.63) is 47.4 Å². The van der Waals surface area contributed by atoms with E-state index in [1.54, 1.807) is 12.3 Å². The Morgan fingerprint density at radius 1 is 1.28 bits per heavy atom. The highest BCUT2D eigenvalue weighted by atomic mass is 16.5. The first-order valence-corrected chi connectivity index (χ1v) is 12.5. The van der Waals surface area contributed by atoms with Crippen molar-refractivity contribution in [3.8, 4) is 6.07 Å². The molecular formula is C26H28N8O2. The van der Waals surface area contributed by atoms with Gasteiger partial charge in [0.2, 0.25) is 5.91 Å². The zero-order chi connectivity index (χ0) is 24.8.